The maximum atomic E-state index is 14.5. The van der Waals surface area contributed by atoms with Crippen molar-refractivity contribution in [2.24, 2.45) is 0 Å². The number of carbonyl (C=O) groups excluding carboxylic acids is 1. The van der Waals surface area contributed by atoms with E-state index in [1.54, 1.807) is 29.3 Å². The Kier molecular flexibility index (Phi) is 7.16. The zero-order chi connectivity index (χ0) is 26.0. The minimum Gasteiger partial charge on any atom is -0.475 e. The van der Waals surface area contributed by atoms with E-state index >= 15 is 0 Å². The number of carboxylic acids is 1. The van der Waals surface area contributed by atoms with Crippen LogP contribution >= 0.6 is 0 Å². The van der Waals surface area contributed by atoms with Gasteiger partial charge < -0.3 is 19.4 Å². The molecule has 0 aliphatic carbocycles. The van der Waals surface area contributed by atoms with Crippen molar-refractivity contribution in [3.05, 3.63) is 75.7 Å². The first-order valence-electron chi connectivity index (χ1n) is 11.3. The van der Waals surface area contributed by atoms with Gasteiger partial charge in [0.25, 0.3) is 11.5 Å². The molecule has 0 radical (unpaired) electrons. The fourth-order valence-electron chi connectivity index (χ4n) is 4.65. The molecule has 0 spiro atoms. The van der Waals surface area contributed by atoms with Crippen LogP contribution in [0.5, 0.6) is 0 Å². The predicted octanol–water partition coefficient (Wildman–Crippen LogP) is 2.91. The molecule has 5 rings (SSSR count). The lowest BCUT2D eigenvalue weighted by atomic mass is 10.0. The molecule has 1 aromatic carbocycles. The smallest absolute Gasteiger partial charge is 0.475 e. The Morgan fingerprint density at radius 3 is 2.61 bits per heavy atom. The van der Waals surface area contributed by atoms with E-state index in [0.717, 1.165) is 30.8 Å². The van der Waals surface area contributed by atoms with Crippen molar-refractivity contribution in [2.75, 3.05) is 26.2 Å². The van der Waals surface area contributed by atoms with Gasteiger partial charge in [0, 0.05) is 50.2 Å². The van der Waals surface area contributed by atoms with E-state index in [4.69, 9.17) is 9.90 Å². The first kappa shape index (κ1) is 25.4. The molecule has 3 aromatic rings. The van der Waals surface area contributed by atoms with Crippen molar-refractivity contribution in [1.29, 1.82) is 0 Å². The number of aromatic amines is 1. The highest BCUT2D eigenvalue weighted by atomic mass is 19.4. The van der Waals surface area contributed by atoms with Gasteiger partial charge in [-0.15, -0.1) is 0 Å². The summed E-state index contributed by atoms with van der Waals surface area (Å²) in [5, 5.41) is 7.12. The van der Waals surface area contributed by atoms with Crippen LogP contribution in [0.1, 0.15) is 34.5 Å². The van der Waals surface area contributed by atoms with E-state index in [0.29, 0.717) is 31.1 Å². The number of hydrogen-bond acceptors (Lipinski definition) is 4. The van der Waals surface area contributed by atoms with E-state index in [1.807, 2.05) is 16.7 Å². The number of H-pyrrole nitrogens is 1. The molecule has 8 nitrogen and oxygen atoms in total. The van der Waals surface area contributed by atoms with E-state index in [1.165, 1.54) is 12.5 Å². The Hall–Kier alpha value is -3.67. The number of hydrogen-bond donors (Lipinski definition) is 2. The Morgan fingerprint density at radius 1 is 1.14 bits per heavy atom. The molecule has 0 bridgehead atoms. The van der Waals surface area contributed by atoms with Crippen LogP contribution in [0.25, 0.3) is 5.52 Å². The lowest BCUT2D eigenvalue weighted by Gasteiger charge is -2.37. The number of nitrogens with one attached hydrogen (secondary N) is 1. The van der Waals surface area contributed by atoms with Gasteiger partial charge in [-0.3, -0.25) is 14.5 Å². The highest BCUT2D eigenvalue weighted by Crippen LogP contribution is 2.24. The van der Waals surface area contributed by atoms with Crippen LogP contribution < -0.4 is 5.56 Å². The monoisotopic (exact) mass is 508 g/mol. The second-order valence-electron chi connectivity index (χ2n) is 8.75. The summed E-state index contributed by atoms with van der Waals surface area (Å²) in [5.74, 6) is -3.48. The summed E-state index contributed by atoms with van der Waals surface area (Å²) in [6, 6.07) is 8.69. The third kappa shape index (κ3) is 5.43. The molecule has 12 heteroatoms. The van der Waals surface area contributed by atoms with Crippen molar-refractivity contribution in [3.63, 3.8) is 0 Å². The molecule has 4 heterocycles. The van der Waals surface area contributed by atoms with Crippen LogP contribution in [-0.2, 0) is 11.2 Å². The Morgan fingerprint density at radius 2 is 1.89 bits per heavy atom. The Bertz CT molecular complexity index is 1330. The molecule has 2 saturated heterocycles. The highest BCUT2D eigenvalue weighted by Gasteiger charge is 2.38. The number of carbonyl (C=O) groups is 2. The standard InChI is InChI=1S/C22H23FN4O2.C2HF3O2/c23-19-6-5-15(11-17-13-24-21(28)20-4-2-8-27(17)20)12-18(19)22(29)26-10-9-25-7-1-3-16(25)14-26;3-2(4,5)1(6)7/h2,4-6,8,12-13,16H,1,3,7,9-11,14H2,(H,24,28);(H,6,7)/t16-;/m0./s1. The fraction of sp³-hybridized carbons (Fsp3) is 0.375. The third-order valence-electron chi connectivity index (χ3n) is 6.42. The summed E-state index contributed by atoms with van der Waals surface area (Å²) in [6.07, 6.45) is 1.17. The van der Waals surface area contributed by atoms with Crippen molar-refractivity contribution in [2.45, 2.75) is 31.5 Å². The zero-order valence-electron chi connectivity index (χ0n) is 19.1. The molecule has 0 saturated carbocycles. The molecular weight excluding hydrogens is 484 g/mol. The van der Waals surface area contributed by atoms with Crippen LogP contribution in [0.15, 0.2) is 47.5 Å². The largest absolute Gasteiger partial charge is 0.490 e. The summed E-state index contributed by atoms with van der Waals surface area (Å²) in [6.45, 7) is 3.28. The molecule has 2 aromatic heterocycles. The molecule has 2 aliphatic rings. The van der Waals surface area contributed by atoms with Crippen molar-refractivity contribution < 1.29 is 32.3 Å². The third-order valence-corrected chi connectivity index (χ3v) is 6.42. The van der Waals surface area contributed by atoms with Gasteiger partial charge in [-0.2, -0.15) is 13.2 Å². The van der Waals surface area contributed by atoms with Gasteiger partial charge in [0.05, 0.1) is 5.56 Å². The highest BCUT2D eigenvalue weighted by molar-refractivity contribution is 5.94. The summed E-state index contributed by atoms with van der Waals surface area (Å²) in [4.78, 5) is 40.8. The molecule has 192 valence electrons. The fourth-order valence-corrected chi connectivity index (χ4v) is 4.65. The van der Waals surface area contributed by atoms with Crippen molar-refractivity contribution in [1.82, 2.24) is 19.2 Å². The van der Waals surface area contributed by atoms with Crippen LogP contribution in [0.4, 0.5) is 17.6 Å². The number of aromatic nitrogens is 2. The molecule has 2 N–H and O–H groups in total. The average Bonchev–Trinajstić information content (AvgIpc) is 3.51. The number of alkyl halides is 3. The molecule has 36 heavy (non-hydrogen) atoms. The molecular formula is C24H24F4N4O4. The van der Waals surface area contributed by atoms with Gasteiger partial charge in [0.1, 0.15) is 11.3 Å². The van der Waals surface area contributed by atoms with E-state index in [9.17, 15) is 27.2 Å². The van der Waals surface area contributed by atoms with Crippen LogP contribution in [-0.4, -0.2) is 74.6 Å². The minimum atomic E-state index is -5.08. The number of rotatable bonds is 3. The number of amides is 1. The second kappa shape index (κ2) is 10.1. The van der Waals surface area contributed by atoms with Gasteiger partial charge in [-0.05, 0) is 49.2 Å². The van der Waals surface area contributed by atoms with E-state index in [-0.39, 0.29) is 17.0 Å². The van der Waals surface area contributed by atoms with Gasteiger partial charge >= 0.3 is 12.1 Å². The Labute approximate surface area is 202 Å². The number of benzene rings is 1. The number of piperazine rings is 1. The number of carboxylic acid groups (broad SMARTS) is 1. The zero-order valence-corrected chi connectivity index (χ0v) is 19.1. The number of halogens is 4. The first-order valence-corrected chi connectivity index (χ1v) is 11.3. The van der Waals surface area contributed by atoms with Crippen molar-refractivity contribution >= 4 is 17.4 Å². The topological polar surface area (TPSA) is 98.1 Å². The first-order chi connectivity index (χ1) is 17.0. The SMILES string of the molecule is O=C(O)C(F)(F)F.O=C(c1cc(Cc2c[nH]c(=O)c3cccn23)ccc1F)N1CCN2CCC[C@H]2C1. The van der Waals surface area contributed by atoms with Gasteiger partial charge in [-0.25, -0.2) is 9.18 Å². The molecule has 0 unspecified atom stereocenters. The summed E-state index contributed by atoms with van der Waals surface area (Å²) in [5.41, 5.74) is 2.24. The predicted molar refractivity (Wildman–Crippen MR) is 121 cm³/mol. The number of fused-ring (bicyclic) bond motifs is 2. The van der Waals surface area contributed by atoms with Gasteiger partial charge in [-0.1, -0.05) is 6.07 Å². The van der Waals surface area contributed by atoms with Crippen LogP contribution in [0, 0.1) is 5.82 Å². The lowest BCUT2D eigenvalue weighted by Crippen LogP contribution is -2.52. The minimum absolute atomic E-state index is 0.127. The maximum Gasteiger partial charge on any atom is 0.490 e. The molecule has 1 amide bonds. The normalized spacial score (nSPS) is 18.0. The quantitative estimate of drug-likeness (QED) is 0.531. The number of nitrogens with zero attached hydrogens (tertiary/aromatic N) is 3. The average molecular weight is 508 g/mol. The van der Waals surface area contributed by atoms with E-state index < -0.39 is 18.0 Å². The molecule has 1 atom stereocenters. The second-order valence-corrected chi connectivity index (χ2v) is 8.75. The van der Waals surface area contributed by atoms with E-state index in [2.05, 4.69) is 9.88 Å². The molecule has 2 fully saturated rings. The summed E-state index contributed by atoms with van der Waals surface area (Å²) in [7, 11) is 0. The number of aliphatic carboxylic acids is 1. The van der Waals surface area contributed by atoms with Crippen molar-refractivity contribution in [3.8, 4) is 0 Å². The summed E-state index contributed by atoms with van der Waals surface area (Å²) < 4.78 is 48.1. The van der Waals surface area contributed by atoms with Gasteiger partial charge in [0.2, 0.25) is 0 Å². The Balaban J connectivity index is 0.000000384. The maximum absolute atomic E-state index is 14.5. The van der Waals surface area contributed by atoms with Crippen LogP contribution in [0.3, 0.4) is 0 Å². The lowest BCUT2D eigenvalue weighted by molar-refractivity contribution is -0.192. The van der Waals surface area contributed by atoms with Gasteiger partial charge in [0.15, 0.2) is 0 Å². The molecule has 2 aliphatic heterocycles. The summed E-state index contributed by atoms with van der Waals surface area (Å²) >= 11 is 0. The van der Waals surface area contributed by atoms with Crippen LogP contribution in [0.2, 0.25) is 0 Å².